The Labute approximate surface area is 149 Å². The number of halogens is 2. The quantitative estimate of drug-likeness (QED) is 0.551. The van der Waals surface area contributed by atoms with Crippen LogP contribution >= 0.6 is 11.3 Å². The van der Waals surface area contributed by atoms with Crippen LogP contribution < -0.4 is 20.1 Å². The van der Waals surface area contributed by atoms with Gasteiger partial charge in [-0.15, -0.1) is 11.3 Å². The van der Waals surface area contributed by atoms with Crippen LogP contribution in [0.15, 0.2) is 40.7 Å². The van der Waals surface area contributed by atoms with Gasteiger partial charge in [-0.2, -0.15) is 8.78 Å². The molecule has 0 aliphatic heterocycles. The predicted molar refractivity (Wildman–Crippen MR) is 95.6 cm³/mol. The number of ether oxygens (including phenoxy) is 2. The highest BCUT2D eigenvalue weighted by molar-refractivity contribution is 7.09. The van der Waals surface area contributed by atoms with Gasteiger partial charge in [-0.3, -0.25) is 0 Å². The molecule has 25 heavy (non-hydrogen) atoms. The molecule has 0 aliphatic rings. The number of hydrogen-bond acceptors (Lipinski definition) is 4. The van der Waals surface area contributed by atoms with E-state index in [0.29, 0.717) is 19.0 Å². The number of hydrogen-bond donors (Lipinski definition) is 2. The second kappa shape index (κ2) is 9.83. The smallest absolute Gasteiger partial charge is 0.387 e. The Hall–Kier alpha value is -2.35. The lowest BCUT2D eigenvalue weighted by Gasteiger charge is -2.12. The molecule has 0 aliphatic carbocycles. The van der Waals surface area contributed by atoms with E-state index in [4.69, 9.17) is 4.74 Å². The molecule has 0 saturated carbocycles. The van der Waals surface area contributed by atoms with Crippen molar-refractivity contribution in [2.24, 2.45) is 4.99 Å². The van der Waals surface area contributed by atoms with Crippen molar-refractivity contribution >= 4 is 17.3 Å². The van der Waals surface area contributed by atoms with Gasteiger partial charge in [0.15, 0.2) is 17.5 Å². The number of rotatable bonds is 8. The van der Waals surface area contributed by atoms with Crippen molar-refractivity contribution in [1.82, 2.24) is 10.6 Å². The minimum absolute atomic E-state index is 0.00162. The molecular formula is C17H21F2N3O2S. The first-order valence-electron chi connectivity index (χ1n) is 7.78. The zero-order chi connectivity index (χ0) is 18.1. The number of benzene rings is 1. The lowest BCUT2D eigenvalue weighted by Crippen LogP contribution is -2.36. The summed E-state index contributed by atoms with van der Waals surface area (Å²) in [5.74, 6) is 0.917. The SMILES string of the molecule is CCNC(=NCc1ccc(OC)c(OC(F)F)c1)NCc1cccs1. The number of guanidine groups is 1. The van der Waals surface area contributed by atoms with Crippen molar-refractivity contribution in [1.29, 1.82) is 0 Å². The summed E-state index contributed by atoms with van der Waals surface area (Å²) in [6.07, 6.45) is 0. The third-order valence-electron chi connectivity index (χ3n) is 3.22. The van der Waals surface area contributed by atoms with Crippen LogP contribution in [0.25, 0.3) is 0 Å². The van der Waals surface area contributed by atoms with Crippen LogP contribution in [0.2, 0.25) is 0 Å². The zero-order valence-corrected chi connectivity index (χ0v) is 14.9. The van der Waals surface area contributed by atoms with Crippen molar-refractivity contribution in [3.05, 3.63) is 46.2 Å². The first-order chi connectivity index (χ1) is 12.1. The molecule has 1 heterocycles. The number of thiophene rings is 1. The summed E-state index contributed by atoms with van der Waals surface area (Å²) in [5, 5.41) is 8.41. The number of nitrogens with zero attached hydrogens (tertiary/aromatic N) is 1. The highest BCUT2D eigenvalue weighted by Crippen LogP contribution is 2.29. The number of aliphatic imine (C=N–C) groups is 1. The van der Waals surface area contributed by atoms with Crippen molar-refractivity contribution < 1.29 is 18.3 Å². The fourth-order valence-corrected chi connectivity index (χ4v) is 2.75. The van der Waals surface area contributed by atoms with E-state index in [-0.39, 0.29) is 11.5 Å². The van der Waals surface area contributed by atoms with Crippen LogP contribution in [0, 0.1) is 0 Å². The van der Waals surface area contributed by atoms with Gasteiger partial charge < -0.3 is 20.1 Å². The molecule has 1 aromatic heterocycles. The molecule has 0 bridgehead atoms. The Morgan fingerprint density at radius 1 is 1.24 bits per heavy atom. The summed E-state index contributed by atoms with van der Waals surface area (Å²) in [7, 11) is 1.41. The van der Waals surface area contributed by atoms with Gasteiger partial charge in [-0.25, -0.2) is 4.99 Å². The molecular weight excluding hydrogens is 348 g/mol. The molecule has 2 rings (SSSR count). The molecule has 0 unspecified atom stereocenters. The predicted octanol–water partition coefficient (Wildman–Crippen LogP) is 3.61. The first-order valence-corrected chi connectivity index (χ1v) is 8.66. The minimum atomic E-state index is -2.91. The van der Waals surface area contributed by atoms with Gasteiger partial charge in [0, 0.05) is 11.4 Å². The fourth-order valence-electron chi connectivity index (χ4n) is 2.10. The van der Waals surface area contributed by atoms with Gasteiger partial charge in [0.1, 0.15) is 0 Å². The summed E-state index contributed by atoms with van der Waals surface area (Å²) in [4.78, 5) is 5.67. The van der Waals surface area contributed by atoms with Crippen molar-refractivity contribution in [2.45, 2.75) is 26.6 Å². The molecule has 1 aromatic carbocycles. The third-order valence-corrected chi connectivity index (χ3v) is 4.09. The van der Waals surface area contributed by atoms with E-state index in [0.717, 1.165) is 12.1 Å². The Bertz CT molecular complexity index is 679. The van der Waals surface area contributed by atoms with Crippen LogP contribution in [0.1, 0.15) is 17.4 Å². The molecule has 0 atom stereocenters. The summed E-state index contributed by atoms with van der Waals surface area (Å²) in [6, 6.07) is 8.90. The highest BCUT2D eigenvalue weighted by atomic mass is 32.1. The van der Waals surface area contributed by atoms with Gasteiger partial charge in [0.05, 0.1) is 20.2 Å². The van der Waals surface area contributed by atoms with Gasteiger partial charge in [0.25, 0.3) is 0 Å². The second-order valence-corrected chi connectivity index (χ2v) is 6.02. The summed E-state index contributed by atoms with van der Waals surface area (Å²) < 4.78 is 34.5. The lowest BCUT2D eigenvalue weighted by molar-refractivity contribution is -0.0512. The van der Waals surface area contributed by atoms with E-state index in [1.807, 2.05) is 24.4 Å². The second-order valence-electron chi connectivity index (χ2n) is 4.99. The third kappa shape index (κ3) is 6.22. The normalized spacial score (nSPS) is 11.5. The molecule has 8 heteroatoms. The molecule has 2 aromatic rings. The maximum absolute atomic E-state index is 12.5. The summed E-state index contributed by atoms with van der Waals surface area (Å²) in [6.45, 7) is 0.787. The van der Waals surface area contributed by atoms with E-state index in [9.17, 15) is 8.78 Å². The molecule has 0 fully saturated rings. The molecule has 0 radical (unpaired) electrons. The largest absolute Gasteiger partial charge is 0.493 e. The van der Waals surface area contributed by atoms with Crippen LogP contribution in [0.4, 0.5) is 8.78 Å². The van der Waals surface area contributed by atoms with E-state index in [2.05, 4.69) is 20.4 Å². The van der Waals surface area contributed by atoms with Crippen LogP contribution in [-0.2, 0) is 13.1 Å². The maximum Gasteiger partial charge on any atom is 0.387 e. The van der Waals surface area contributed by atoms with Gasteiger partial charge in [0.2, 0.25) is 0 Å². The standard InChI is InChI=1S/C17H21F2N3O2S/c1-3-20-17(22-11-13-5-4-8-25-13)21-10-12-6-7-14(23-2)15(9-12)24-16(18)19/h4-9,16H,3,10-11H2,1-2H3,(H2,20,21,22). The fraction of sp³-hybridized carbons (Fsp3) is 0.353. The van der Waals surface area contributed by atoms with E-state index >= 15 is 0 Å². The molecule has 0 amide bonds. The Kier molecular flexibility index (Phi) is 7.46. The van der Waals surface area contributed by atoms with Gasteiger partial charge in [-0.05, 0) is 36.1 Å². The average molecular weight is 369 g/mol. The van der Waals surface area contributed by atoms with Crippen LogP contribution in [0.3, 0.4) is 0 Å². The number of methoxy groups -OCH3 is 1. The molecule has 5 nitrogen and oxygen atoms in total. The molecule has 0 saturated heterocycles. The molecule has 136 valence electrons. The lowest BCUT2D eigenvalue weighted by atomic mass is 10.2. The summed E-state index contributed by atoms with van der Waals surface area (Å²) >= 11 is 1.66. The van der Waals surface area contributed by atoms with E-state index < -0.39 is 6.61 Å². The first kappa shape index (κ1) is 19.0. The highest BCUT2D eigenvalue weighted by Gasteiger charge is 2.11. The number of nitrogens with one attached hydrogen (secondary N) is 2. The molecule has 0 spiro atoms. The number of alkyl halides is 2. The minimum Gasteiger partial charge on any atom is -0.493 e. The Morgan fingerprint density at radius 2 is 2.08 bits per heavy atom. The van der Waals surface area contributed by atoms with Crippen LogP contribution in [-0.4, -0.2) is 26.2 Å². The van der Waals surface area contributed by atoms with Crippen molar-refractivity contribution in [2.75, 3.05) is 13.7 Å². The summed E-state index contributed by atoms with van der Waals surface area (Å²) in [5.41, 5.74) is 0.741. The average Bonchev–Trinajstić information content (AvgIpc) is 3.10. The van der Waals surface area contributed by atoms with Crippen molar-refractivity contribution in [3.63, 3.8) is 0 Å². The Morgan fingerprint density at radius 3 is 2.72 bits per heavy atom. The molecule has 2 N–H and O–H groups in total. The monoisotopic (exact) mass is 369 g/mol. The van der Waals surface area contributed by atoms with E-state index in [1.165, 1.54) is 18.1 Å². The maximum atomic E-state index is 12.5. The van der Waals surface area contributed by atoms with Gasteiger partial charge in [-0.1, -0.05) is 12.1 Å². The zero-order valence-electron chi connectivity index (χ0n) is 14.1. The Balaban J connectivity index is 2.05. The van der Waals surface area contributed by atoms with E-state index in [1.54, 1.807) is 23.5 Å². The van der Waals surface area contributed by atoms with Gasteiger partial charge >= 0.3 is 6.61 Å². The van der Waals surface area contributed by atoms with Crippen molar-refractivity contribution in [3.8, 4) is 11.5 Å². The van der Waals surface area contributed by atoms with Crippen LogP contribution in [0.5, 0.6) is 11.5 Å². The topological polar surface area (TPSA) is 54.9 Å².